The van der Waals surface area contributed by atoms with Gasteiger partial charge in [-0.1, -0.05) is 0 Å². The SMILES string of the molecule is N#Cc1ccc(NC(=O)c2cc(O)ccc2N)c(F)c1. The van der Waals surface area contributed by atoms with Gasteiger partial charge in [0.1, 0.15) is 11.6 Å². The highest BCUT2D eigenvalue weighted by Crippen LogP contribution is 2.21. The van der Waals surface area contributed by atoms with Gasteiger partial charge in [-0.3, -0.25) is 4.79 Å². The fourth-order valence-electron chi connectivity index (χ4n) is 1.62. The Bertz CT molecular complexity index is 723. The van der Waals surface area contributed by atoms with Crippen LogP contribution in [0.1, 0.15) is 15.9 Å². The topological polar surface area (TPSA) is 99.1 Å². The molecule has 20 heavy (non-hydrogen) atoms. The van der Waals surface area contributed by atoms with Crippen LogP contribution < -0.4 is 11.1 Å². The molecule has 0 fully saturated rings. The monoisotopic (exact) mass is 271 g/mol. The van der Waals surface area contributed by atoms with Gasteiger partial charge in [0, 0.05) is 5.69 Å². The number of nitrogens with zero attached hydrogens (tertiary/aromatic N) is 1. The van der Waals surface area contributed by atoms with Gasteiger partial charge in [0.15, 0.2) is 0 Å². The number of nitriles is 1. The Hall–Kier alpha value is -3.07. The van der Waals surface area contributed by atoms with Crippen LogP contribution in [0, 0.1) is 17.1 Å². The van der Waals surface area contributed by atoms with Crippen LogP contribution in [0.25, 0.3) is 0 Å². The maximum Gasteiger partial charge on any atom is 0.257 e. The number of nitrogens with two attached hydrogens (primary N) is 1. The molecule has 0 bridgehead atoms. The van der Waals surface area contributed by atoms with E-state index in [0.29, 0.717) is 0 Å². The van der Waals surface area contributed by atoms with Crippen LogP contribution in [0.2, 0.25) is 0 Å². The highest BCUT2D eigenvalue weighted by molar-refractivity contribution is 6.08. The van der Waals surface area contributed by atoms with Gasteiger partial charge in [-0.05, 0) is 36.4 Å². The average molecular weight is 271 g/mol. The van der Waals surface area contributed by atoms with E-state index in [1.807, 2.05) is 0 Å². The summed E-state index contributed by atoms with van der Waals surface area (Å²) in [6.45, 7) is 0. The largest absolute Gasteiger partial charge is 0.508 e. The van der Waals surface area contributed by atoms with Crippen molar-refractivity contribution in [2.45, 2.75) is 0 Å². The van der Waals surface area contributed by atoms with E-state index < -0.39 is 11.7 Å². The molecule has 0 aliphatic heterocycles. The lowest BCUT2D eigenvalue weighted by Gasteiger charge is -2.09. The summed E-state index contributed by atoms with van der Waals surface area (Å²) < 4.78 is 13.6. The van der Waals surface area contributed by atoms with Crippen LogP contribution in [0.5, 0.6) is 5.75 Å². The summed E-state index contributed by atoms with van der Waals surface area (Å²) in [5, 5.41) is 20.3. The van der Waals surface area contributed by atoms with E-state index in [-0.39, 0.29) is 28.3 Å². The summed E-state index contributed by atoms with van der Waals surface area (Å²) in [5.41, 5.74) is 5.89. The second-order valence-corrected chi connectivity index (χ2v) is 4.03. The van der Waals surface area contributed by atoms with Crippen molar-refractivity contribution in [3.8, 4) is 11.8 Å². The van der Waals surface area contributed by atoms with E-state index >= 15 is 0 Å². The zero-order valence-electron chi connectivity index (χ0n) is 10.2. The molecule has 0 aliphatic carbocycles. The number of hydrogen-bond acceptors (Lipinski definition) is 4. The molecular weight excluding hydrogens is 261 g/mol. The maximum atomic E-state index is 13.6. The number of nitrogen functional groups attached to an aromatic ring is 1. The zero-order valence-corrected chi connectivity index (χ0v) is 10.2. The smallest absolute Gasteiger partial charge is 0.257 e. The van der Waals surface area contributed by atoms with Crippen LogP contribution >= 0.6 is 0 Å². The Labute approximate surface area is 114 Å². The molecule has 0 saturated carbocycles. The predicted octanol–water partition coefficient (Wildman–Crippen LogP) is 2.24. The molecule has 0 atom stereocenters. The fraction of sp³-hybridized carbons (Fsp3) is 0. The number of rotatable bonds is 2. The number of phenols is 1. The first kappa shape index (κ1) is 13.4. The minimum absolute atomic E-state index is 0.0359. The highest BCUT2D eigenvalue weighted by Gasteiger charge is 2.13. The van der Waals surface area contributed by atoms with Crippen molar-refractivity contribution in [2.75, 3.05) is 11.1 Å². The fourth-order valence-corrected chi connectivity index (χ4v) is 1.62. The molecule has 2 aromatic carbocycles. The first-order valence-electron chi connectivity index (χ1n) is 5.61. The Morgan fingerprint density at radius 1 is 1.30 bits per heavy atom. The third-order valence-corrected chi connectivity index (χ3v) is 2.63. The van der Waals surface area contributed by atoms with Crippen LogP contribution in [-0.2, 0) is 0 Å². The molecule has 0 saturated heterocycles. The van der Waals surface area contributed by atoms with Crippen LogP contribution in [0.3, 0.4) is 0 Å². The van der Waals surface area contributed by atoms with E-state index in [0.717, 1.165) is 6.07 Å². The maximum absolute atomic E-state index is 13.6. The van der Waals surface area contributed by atoms with E-state index in [1.165, 1.54) is 30.3 Å². The van der Waals surface area contributed by atoms with Crippen LogP contribution in [-0.4, -0.2) is 11.0 Å². The number of hydrogen-bond donors (Lipinski definition) is 3. The van der Waals surface area contributed by atoms with E-state index in [1.54, 1.807) is 6.07 Å². The molecule has 4 N–H and O–H groups in total. The number of nitrogens with one attached hydrogen (secondary N) is 1. The normalized spacial score (nSPS) is 9.80. The summed E-state index contributed by atoms with van der Waals surface area (Å²) >= 11 is 0. The lowest BCUT2D eigenvalue weighted by molar-refractivity contribution is 0.102. The lowest BCUT2D eigenvalue weighted by atomic mass is 10.1. The molecule has 0 spiro atoms. The van der Waals surface area contributed by atoms with Crippen LogP contribution in [0.4, 0.5) is 15.8 Å². The number of carbonyl (C=O) groups excluding carboxylic acids is 1. The predicted molar refractivity (Wildman–Crippen MR) is 71.6 cm³/mol. The molecule has 0 radical (unpaired) electrons. The van der Waals surface area contributed by atoms with Gasteiger partial charge in [0.05, 0.1) is 22.9 Å². The van der Waals surface area contributed by atoms with Gasteiger partial charge in [-0.2, -0.15) is 5.26 Å². The number of phenolic OH excluding ortho intramolecular Hbond substituents is 1. The number of anilines is 2. The standard InChI is InChI=1S/C14H10FN3O2/c15-11-5-8(7-16)1-4-13(11)18-14(20)10-6-9(19)2-3-12(10)17/h1-6,19H,17H2,(H,18,20). The quantitative estimate of drug-likeness (QED) is 0.576. The van der Waals surface area contributed by atoms with Gasteiger partial charge in [0.25, 0.3) is 5.91 Å². The molecule has 5 nitrogen and oxygen atoms in total. The Balaban J connectivity index is 2.28. The average Bonchev–Trinajstić information content (AvgIpc) is 2.43. The van der Waals surface area contributed by atoms with Crippen molar-refractivity contribution in [3.05, 3.63) is 53.3 Å². The summed E-state index contributed by atoms with van der Waals surface area (Å²) in [6.07, 6.45) is 0. The number of aromatic hydroxyl groups is 1. The molecule has 2 aromatic rings. The van der Waals surface area contributed by atoms with Crippen molar-refractivity contribution in [1.29, 1.82) is 5.26 Å². The first-order valence-corrected chi connectivity index (χ1v) is 5.61. The zero-order chi connectivity index (χ0) is 14.7. The third kappa shape index (κ3) is 2.67. The Kier molecular flexibility index (Phi) is 3.53. The van der Waals surface area contributed by atoms with E-state index in [9.17, 15) is 14.3 Å². The Morgan fingerprint density at radius 2 is 2.05 bits per heavy atom. The molecule has 2 rings (SSSR count). The lowest BCUT2D eigenvalue weighted by Crippen LogP contribution is -2.15. The number of halogens is 1. The summed E-state index contributed by atoms with van der Waals surface area (Å²) in [4.78, 5) is 12.0. The molecule has 0 aromatic heterocycles. The number of benzene rings is 2. The molecule has 0 aliphatic rings. The molecule has 100 valence electrons. The highest BCUT2D eigenvalue weighted by atomic mass is 19.1. The molecule has 0 heterocycles. The second kappa shape index (κ2) is 5.28. The molecular formula is C14H10FN3O2. The van der Waals surface area contributed by atoms with Crippen molar-refractivity contribution in [2.24, 2.45) is 0 Å². The van der Waals surface area contributed by atoms with Gasteiger partial charge in [-0.25, -0.2) is 4.39 Å². The van der Waals surface area contributed by atoms with Crippen molar-refractivity contribution in [3.63, 3.8) is 0 Å². The summed E-state index contributed by atoms with van der Waals surface area (Å²) in [7, 11) is 0. The molecule has 0 unspecified atom stereocenters. The number of amides is 1. The summed E-state index contributed by atoms with van der Waals surface area (Å²) in [6, 6.07) is 9.37. The summed E-state index contributed by atoms with van der Waals surface area (Å²) in [5.74, 6) is -1.50. The van der Waals surface area contributed by atoms with Gasteiger partial charge >= 0.3 is 0 Å². The van der Waals surface area contributed by atoms with Crippen molar-refractivity contribution in [1.82, 2.24) is 0 Å². The minimum atomic E-state index is -0.726. The van der Waals surface area contributed by atoms with E-state index in [2.05, 4.69) is 5.32 Å². The second-order valence-electron chi connectivity index (χ2n) is 4.03. The van der Waals surface area contributed by atoms with Crippen molar-refractivity contribution >= 4 is 17.3 Å². The van der Waals surface area contributed by atoms with Gasteiger partial charge in [0.2, 0.25) is 0 Å². The number of carbonyl (C=O) groups is 1. The van der Waals surface area contributed by atoms with Crippen LogP contribution in [0.15, 0.2) is 36.4 Å². The minimum Gasteiger partial charge on any atom is -0.508 e. The van der Waals surface area contributed by atoms with Crippen molar-refractivity contribution < 1.29 is 14.3 Å². The van der Waals surface area contributed by atoms with E-state index in [4.69, 9.17) is 11.0 Å². The van der Waals surface area contributed by atoms with Gasteiger partial charge < -0.3 is 16.2 Å². The van der Waals surface area contributed by atoms with Gasteiger partial charge in [-0.15, -0.1) is 0 Å². The molecule has 6 heteroatoms. The first-order chi connectivity index (χ1) is 9.51. The Morgan fingerprint density at radius 3 is 2.70 bits per heavy atom. The molecule has 1 amide bonds. The third-order valence-electron chi connectivity index (χ3n) is 2.63.